The highest BCUT2D eigenvalue weighted by Crippen LogP contribution is 2.40. The summed E-state index contributed by atoms with van der Waals surface area (Å²) >= 11 is 0. The minimum atomic E-state index is -3.92. The maximum absolute atomic E-state index is 12.7. The number of aryl methyl sites for hydroxylation is 1. The molecule has 2 rings (SSSR count). The first-order valence-electron chi connectivity index (χ1n) is 10.0. The maximum Gasteiger partial charge on any atom is 0.308 e. The lowest BCUT2D eigenvalue weighted by molar-refractivity contribution is -0.149. The Kier molecular flexibility index (Phi) is 7.36. The van der Waals surface area contributed by atoms with E-state index in [0.29, 0.717) is 19.3 Å². The van der Waals surface area contributed by atoms with Gasteiger partial charge in [0.1, 0.15) is 0 Å². The molecule has 0 bridgehead atoms. The smallest absolute Gasteiger partial charge is 0.308 e. The molecule has 0 amide bonds. The van der Waals surface area contributed by atoms with Gasteiger partial charge >= 0.3 is 5.97 Å². The summed E-state index contributed by atoms with van der Waals surface area (Å²) in [6.07, 6.45) is 0.380. The van der Waals surface area contributed by atoms with Crippen molar-refractivity contribution in [2.45, 2.75) is 82.2 Å². The topological polar surface area (TPSA) is 78.9 Å². The molecule has 0 spiro atoms. The molecule has 6 nitrogen and oxygen atoms in total. The molecule has 8 heteroatoms. The van der Waals surface area contributed by atoms with E-state index in [9.17, 15) is 13.2 Å². The third-order valence-corrected chi connectivity index (χ3v) is 11.9. The van der Waals surface area contributed by atoms with Crippen molar-refractivity contribution in [1.82, 2.24) is 0 Å². The molecule has 0 radical (unpaired) electrons. The molecule has 1 aliphatic rings. The van der Waals surface area contributed by atoms with E-state index in [1.54, 1.807) is 12.1 Å². The molecule has 29 heavy (non-hydrogen) atoms. The molecule has 1 aliphatic carbocycles. The van der Waals surface area contributed by atoms with Gasteiger partial charge < -0.3 is 9.16 Å². The fourth-order valence-electron chi connectivity index (χ4n) is 3.28. The second kappa shape index (κ2) is 8.87. The average molecular weight is 443 g/mol. The SMILES string of the molecule is COC(=O)[C@H]1C[C@H](O[Si](C)(C)C(C)(C)C)C[C@@H](OS(=O)(=O)c2ccc(C)cc2)C1. The van der Waals surface area contributed by atoms with Crippen LogP contribution < -0.4 is 0 Å². The van der Waals surface area contributed by atoms with E-state index in [4.69, 9.17) is 13.3 Å². The molecule has 1 saturated carbocycles. The molecule has 0 unspecified atom stereocenters. The summed E-state index contributed by atoms with van der Waals surface area (Å²) in [5, 5.41) is 0.00946. The van der Waals surface area contributed by atoms with Crippen LogP contribution >= 0.6 is 0 Å². The van der Waals surface area contributed by atoms with Crippen molar-refractivity contribution in [1.29, 1.82) is 0 Å². The molecule has 164 valence electrons. The van der Waals surface area contributed by atoms with Gasteiger partial charge in [-0.1, -0.05) is 38.5 Å². The number of rotatable bonds is 6. The molecule has 0 saturated heterocycles. The number of hydrogen-bond acceptors (Lipinski definition) is 6. The molecule has 0 heterocycles. The van der Waals surface area contributed by atoms with Gasteiger partial charge in [0.2, 0.25) is 0 Å². The maximum atomic E-state index is 12.7. The molecule has 0 N–H and O–H groups in total. The van der Waals surface area contributed by atoms with Gasteiger partial charge in [0.15, 0.2) is 8.32 Å². The third-order valence-electron chi connectivity index (χ3n) is 6.00. The van der Waals surface area contributed by atoms with Gasteiger partial charge in [-0.2, -0.15) is 8.42 Å². The normalized spacial score (nSPS) is 23.6. The van der Waals surface area contributed by atoms with Crippen LogP contribution in [-0.2, 0) is 28.3 Å². The lowest BCUT2D eigenvalue weighted by atomic mass is 9.85. The molecule has 1 aromatic rings. The zero-order valence-electron chi connectivity index (χ0n) is 18.5. The van der Waals surface area contributed by atoms with E-state index < -0.39 is 30.5 Å². The first-order valence-corrected chi connectivity index (χ1v) is 14.3. The van der Waals surface area contributed by atoms with E-state index in [1.807, 2.05) is 6.92 Å². The van der Waals surface area contributed by atoms with Crippen LogP contribution in [0.5, 0.6) is 0 Å². The Hall–Kier alpha value is -1.22. The standard InChI is InChI=1S/C21H34O6SSi/c1-15-8-10-19(11-9-15)28(23,24)26-17-12-16(20(22)25-5)13-18(14-17)27-29(6,7)21(2,3)4/h8-11,16-18H,12-14H2,1-7H3/t16-,17+,18+/m1/s1. The number of carbonyl (C=O) groups is 1. The van der Waals surface area contributed by atoms with Crippen LogP contribution in [0.15, 0.2) is 29.2 Å². The van der Waals surface area contributed by atoms with Crippen LogP contribution in [0.2, 0.25) is 18.1 Å². The number of carbonyl (C=O) groups excluding carboxylic acids is 1. The van der Waals surface area contributed by atoms with Gasteiger partial charge in [-0.15, -0.1) is 0 Å². The predicted molar refractivity (Wildman–Crippen MR) is 115 cm³/mol. The van der Waals surface area contributed by atoms with Crippen LogP contribution in [0.25, 0.3) is 0 Å². The first-order chi connectivity index (χ1) is 13.2. The molecular weight excluding hydrogens is 408 g/mol. The van der Waals surface area contributed by atoms with Crippen LogP contribution in [-0.4, -0.2) is 42.0 Å². The highest BCUT2D eigenvalue weighted by molar-refractivity contribution is 7.86. The number of methoxy groups -OCH3 is 1. The highest BCUT2D eigenvalue weighted by atomic mass is 32.2. The Morgan fingerprint density at radius 1 is 1.03 bits per heavy atom. The van der Waals surface area contributed by atoms with Crippen molar-refractivity contribution in [2.75, 3.05) is 7.11 Å². The summed E-state index contributed by atoms with van der Waals surface area (Å²) in [4.78, 5) is 12.3. The van der Waals surface area contributed by atoms with Crippen LogP contribution in [0.4, 0.5) is 0 Å². The Morgan fingerprint density at radius 2 is 1.59 bits per heavy atom. The summed E-state index contributed by atoms with van der Waals surface area (Å²) in [7, 11) is -4.66. The van der Waals surface area contributed by atoms with Crippen LogP contribution in [0, 0.1) is 12.8 Å². The second-order valence-corrected chi connectivity index (χ2v) is 15.7. The van der Waals surface area contributed by atoms with Crippen molar-refractivity contribution >= 4 is 24.4 Å². The predicted octanol–water partition coefficient (Wildman–Crippen LogP) is 4.43. The molecule has 1 fully saturated rings. The van der Waals surface area contributed by atoms with Crippen molar-refractivity contribution in [2.24, 2.45) is 5.92 Å². The highest BCUT2D eigenvalue weighted by Gasteiger charge is 2.43. The Morgan fingerprint density at radius 3 is 2.10 bits per heavy atom. The summed E-state index contributed by atoms with van der Waals surface area (Å²) in [6.45, 7) is 12.6. The lowest BCUT2D eigenvalue weighted by Crippen LogP contribution is -2.47. The van der Waals surface area contributed by atoms with Crippen LogP contribution in [0.3, 0.4) is 0 Å². The van der Waals surface area contributed by atoms with E-state index in [1.165, 1.54) is 19.2 Å². The van der Waals surface area contributed by atoms with E-state index in [0.717, 1.165) is 5.56 Å². The number of hydrogen-bond donors (Lipinski definition) is 0. The monoisotopic (exact) mass is 442 g/mol. The van der Waals surface area contributed by atoms with Crippen molar-refractivity contribution in [3.8, 4) is 0 Å². The third kappa shape index (κ3) is 6.13. The quantitative estimate of drug-likeness (QED) is 0.368. The van der Waals surface area contributed by atoms with Crippen molar-refractivity contribution in [3.05, 3.63) is 29.8 Å². The minimum absolute atomic E-state index is 0.00946. The van der Waals surface area contributed by atoms with Crippen molar-refractivity contribution < 1.29 is 26.6 Å². The van der Waals surface area contributed by atoms with Gasteiger partial charge in [0.25, 0.3) is 10.1 Å². The number of ether oxygens (including phenoxy) is 1. The summed E-state index contributed by atoms with van der Waals surface area (Å²) < 4.78 is 42.5. The molecule has 0 aliphatic heterocycles. The Labute approximate surface area is 176 Å². The zero-order valence-corrected chi connectivity index (χ0v) is 20.3. The van der Waals surface area contributed by atoms with Gasteiger partial charge in [-0.3, -0.25) is 8.98 Å². The zero-order chi connectivity index (χ0) is 22.0. The number of benzene rings is 1. The fourth-order valence-corrected chi connectivity index (χ4v) is 5.76. The van der Waals surface area contributed by atoms with E-state index >= 15 is 0 Å². The largest absolute Gasteiger partial charge is 0.469 e. The Bertz CT molecular complexity index is 811. The summed E-state index contributed by atoms with van der Waals surface area (Å²) in [5.41, 5.74) is 0.968. The van der Waals surface area contributed by atoms with E-state index in [-0.39, 0.29) is 22.0 Å². The molecular formula is C21H34O6SSi. The lowest BCUT2D eigenvalue weighted by Gasteiger charge is -2.42. The summed E-state index contributed by atoms with van der Waals surface area (Å²) in [5.74, 6) is -0.795. The first kappa shape index (κ1) is 24.1. The molecule has 1 aromatic carbocycles. The molecule has 3 atom stereocenters. The molecule has 0 aromatic heterocycles. The van der Waals surface area contributed by atoms with Gasteiger partial charge in [-0.05, 0) is 50.0 Å². The van der Waals surface area contributed by atoms with Gasteiger partial charge in [-0.25, -0.2) is 0 Å². The van der Waals surface area contributed by atoms with Crippen molar-refractivity contribution in [3.63, 3.8) is 0 Å². The Balaban J connectivity index is 2.21. The fraction of sp³-hybridized carbons (Fsp3) is 0.667. The van der Waals surface area contributed by atoms with Gasteiger partial charge in [0.05, 0.1) is 24.0 Å². The average Bonchev–Trinajstić information content (AvgIpc) is 2.59. The minimum Gasteiger partial charge on any atom is -0.469 e. The van der Waals surface area contributed by atoms with Gasteiger partial charge in [0, 0.05) is 12.5 Å². The number of esters is 1. The second-order valence-electron chi connectivity index (χ2n) is 9.41. The van der Waals surface area contributed by atoms with Crippen LogP contribution in [0.1, 0.15) is 45.6 Å². The van der Waals surface area contributed by atoms with E-state index in [2.05, 4.69) is 33.9 Å². The summed E-state index contributed by atoms with van der Waals surface area (Å²) in [6, 6.07) is 6.54.